The Bertz CT molecular complexity index is 910. The number of rotatable bonds is 6. The van der Waals surface area contributed by atoms with Crippen molar-refractivity contribution in [2.24, 2.45) is 17.8 Å². The van der Waals surface area contributed by atoms with E-state index in [1.807, 2.05) is 24.3 Å². The summed E-state index contributed by atoms with van der Waals surface area (Å²) in [5, 5.41) is 9.12. The van der Waals surface area contributed by atoms with Crippen LogP contribution in [0.3, 0.4) is 0 Å². The van der Waals surface area contributed by atoms with Crippen LogP contribution in [0.1, 0.15) is 43.7 Å². The molecule has 5 nitrogen and oxygen atoms in total. The lowest BCUT2D eigenvalue weighted by Gasteiger charge is -2.29. The molecule has 2 aromatic rings. The highest BCUT2D eigenvalue weighted by atomic mass is 19.4. The monoisotopic (exact) mass is 420 g/mol. The molecule has 2 aliphatic carbocycles. The Morgan fingerprint density at radius 3 is 2.60 bits per heavy atom. The number of carboxylic acids is 1. The molecule has 0 unspecified atom stereocenters. The highest BCUT2D eigenvalue weighted by molar-refractivity contribution is 5.75. The summed E-state index contributed by atoms with van der Waals surface area (Å²) in [5.74, 6) is -1.75. The van der Waals surface area contributed by atoms with Crippen LogP contribution in [0.4, 0.5) is 13.2 Å². The third-order valence-corrected chi connectivity index (χ3v) is 6.06. The summed E-state index contributed by atoms with van der Waals surface area (Å²) in [7, 11) is 0. The molecule has 1 N–H and O–H groups in total. The Morgan fingerprint density at radius 1 is 1.17 bits per heavy atom. The van der Waals surface area contributed by atoms with Gasteiger partial charge in [0.05, 0.1) is 30.3 Å². The van der Waals surface area contributed by atoms with E-state index < -0.39 is 18.1 Å². The number of hydrogen-bond acceptors (Lipinski definition) is 4. The van der Waals surface area contributed by atoms with Crippen molar-refractivity contribution >= 4 is 5.97 Å². The van der Waals surface area contributed by atoms with Crippen molar-refractivity contribution in [3.8, 4) is 17.0 Å². The van der Waals surface area contributed by atoms with Crippen molar-refractivity contribution in [1.29, 1.82) is 0 Å². The zero-order chi connectivity index (χ0) is 21.3. The van der Waals surface area contributed by atoms with Gasteiger partial charge in [0.25, 0.3) is 0 Å². The van der Waals surface area contributed by atoms with Crippen LogP contribution in [0.15, 0.2) is 36.7 Å². The van der Waals surface area contributed by atoms with Gasteiger partial charge < -0.3 is 9.84 Å². The topological polar surface area (TPSA) is 72.3 Å². The van der Waals surface area contributed by atoms with Crippen molar-refractivity contribution in [1.82, 2.24) is 9.97 Å². The first-order valence-electron chi connectivity index (χ1n) is 10.2. The van der Waals surface area contributed by atoms with Gasteiger partial charge in [-0.1, -0.05) is 6.07 Å². The minimum absolute atomic E-state index is 0.0540. The Kier molecular flexibility index (Phi) is 5.66. The lowest BCUT2D eigenvalue weighted by Crippen LogP contribution is -2.29. The molecule has 0 aliphatic heterocycles. The molecule has 2 fully saturated rings. The second-order valence-corrected chi connectivity index (χ2v) is 8.21. The fraction of sp³-hybridized carbons (Fsp3) is 0.500. The molecule has 0 saturated heterocycles. The summed E-state index contributed by atoms with van der Waals surface area (Å²) in [6, 6.07) is 7.33. The highest BCUT2D eigenvalue weighted by Gasteiger charge is 2.45. The van der Waals surface area contributed by atoms with Crippen LogP contribution in [-0.2, 0) is 4.79 Å². The van der Waals surface area contributed by atoms with Gasteiger partial charge in [-0.3, -0.25) is 14.8 Å². The van der Waals surface area contributed by atoms with Crippen LogP contribution in [0.5, 0.6) is 5.75 Å². The number of alkyl halides is 3. The van der Waals surface area contributed by atoms with E-state index in [1.54, 1.807) is 12.4 Å². The van der Waals surface area contributed by atoms with Gasteiger partial charge in [-0.05, 0) is 56.2 Å². The Morgan fingerprint density at radius 2 is 1.93 bits per heavy atom. The standard InChI is InChI=1S/C22H23F3N2O3/c23-22(24,25)15-6-4-13(5-7-15)12-30-16-8-14(10-26-11-16)19-2-1-3-20(27-19)17-9-18(17)21(28)29/h1-3,8,10-11,13,15,17-18H,4-7,9,12H2,(H,28,29)/t13-,15-,17-,18-/m0/s1. The lowest BCUT2D eigenvalue weighted by atomic mass is 9.82. The quantitative estimate of drug-likeness (QED) is 0.706. The van der Waals surface area contributed by atoms with Gasteiger partial charge in [-0.2, -0.15) is 13.2 Å². The molecule has 0 bridgehead atoms. The third-order valence-electron chi connectivity index (χ3n) is 6.06. The molecule has 2 heterocycles. The maximum atomic E-state index is 12.8. The van der Waals surface area contributed by atoms with Crippen LogP contribution in [-0.4, -0.2) is 33.8 Å². The van der Waals surface area contributed by atoms with Gasteiger partial charge in [0, 0.05) is 23.4 Å². The average Bonchev–Trinajstić information content (AvgIpc) is 3.54. The fourth-order valence-electron chi connectivity index (χ4n) is 4.12. The van der Waals surface area contributed by atoms with Crippen LogP contribution in [0, 0.1) is 17.8 Å². The molecule has 30 heavy (non-hydrogen) atoms. The predicted molar refractivity (Wildman–Crippen MR) is 103 cm³/mol. The van der Waals surface area contributed by atoms with E-state index in [0.29, 0.717) is 37.3 Å². The molecule has 2 aliphatic rings. The molecule has 2 atom stereocenters. The summed E-state index contributed by atoms with van der Waals surface area (Å²) >= 11 is 0. The van der Waals surface area contributed by atoms with E-state index in [0.717, 1.165) is 11.3 Å². The molecule has 8 heteroatoms. The highest BCUT2D eigenvalue weighted by Crippen LogP contribution is 2.47. The van der Waals surface area contributed by atoms with Crippen molar-refractivity contribution in [2.75, 3.05) is 6.61 Å². The second kappa shape index (κ2) is 8.24. The number of nitrogens with zero attached hydrogens (tertiary/aromatic N) is 2. The number of hydrogen-bond donors (Lipinski definition) is 1. The largest absolute Gasteiger partial charge is 0.492 e. The predicted octanol–water partition coefficient (Wildman–Crippen LogP) is 5.08. The smallest absolute Gasteiger partial charge is 0.391 e. The second-order valence-electron chi connectivity index (χ2n) is 8.21. The van der Waals surface area contributed by atoms with Crippen molar-refractivity contribution < 1.29 is 27.8 Å². The van der Waals surface area contributed by atoms with Crippen molar-refractivity contribution in [2.45, 2.75) is 44.2 Å². The van der Waals surface area contributed by atoms with E-state index in [9.17, 15) is 18.0 Å². The molecule has 160 valence electrons. The maximum Gasteiger partial charge on any atom is 0.391 e. The normalized spacial score (nSPS) is 26.2. The minimum Gasteiger partial charge on any atom is -0.492 e. The summed E-state index contributed by atoms with van der Waals surface area (Å²) in [6.07, 6.45) is 1.07. The first kappa shape index (κ1) is 20.6. The van der Waals surface area contributed by atoms with E-state index in [4.69, 9.17) is 9.84 Å². The summed E-state index contributed by atoms with van der Waals surface area (Å²) in [5.41, 5.74) is 2.20. The van der Waals surface area contributed by atoms with Gasteiger partial charge in [-0.15, -0.1) is 0 Å². The first-order chi connectivity index (χ1) is 14.3. The first-order valence-corrected chi connectivity index (χ1v) is 10.2. The van der Waals surface area contributed by atoms with Gasteiger partial charge in [0.2, 0.25) is 0 Å². The van der Waals surface area contributed by atoms with Crippen LogP contribution >= 0.6 is 0 Å². The number of carboxylic acid groups (broad SMARTS) is 1. The molecular formula is C22H23F3N2O3. The van der Waals surface area contributed by atoms with Crippen molar-refractivity contribution in [3.63, 3.8) is 0 Å². The lowest BCUT2D eigenvalue weighted by molar-refractivity contribution is -0.184. The minimum atomic E-state index is -4.10. The van der Waals surface area contributed by atoms with Gasteiger partial charge >= 0.3 is 12.1 Å². The molecule has 0 aromatic carbocycles. The number of carbonyl (C=O) groups is 1. The SMILES string of the molecule is O=C(O)[C@H]1C[C@@H]1c1cccc(-c2cncc(OC[C@H]3CC[C@H](C(F)(F)F)CC3)c2)n1. The van der Waals surface area contributed by atoms with Gasteiger partial charge in [0.1, 0.15) is 5.75 Å². The molecule has 2 saturated carbocycles. The van der Waals surface area contributed by atoms with E-state index in [1.165, 1.54) is 0 Å². The summed E-state index contributed by atoms with van der Waals surface area (Å²) < 4.78 is 44.2. The fourth-order valence-corrected chi connectivity index (χ4v) is 4.12. The molecule has 0 amide bonds. The number of aliphatic carboxylic acids is 1. The van der Waals surface area contributed by atoms with Crippen LogP contribution < -0.4 is 4.74 Å². The molecule has 4 rings (SSSR count). The molecule has 0 spiro atoms. The molecule has 2 aromatic heterocycles. The van der Waals surface area contributed by atoms with Gasteiger partial charge in [0.15, 0.2) is 0 Å². The Hall–Kier alpha value is -2.64. The Balaban J connectivity index is 1.36. The zero-order valence-corrected chi connectivity index (χ0v) is 16.3. The van der Waals surface area contributed by atoms with Crippen LogP contribution in [0.25, 0.3) is 11.3 Å². The zero-order valence-electron chi connectivity index (χ0n) is 16.3. The number of ether oxygens (including phenoxy) is 1. The number of pyridine rings is 2. The van der Waals surface area contributed by atoms with Gasteiger partial charge in [-0.25, -0.2) is 0 Å². The Labute approximate surface area is 172 Å². The molecular weight excluding hydrogens is 397 g/mol. The average molecular weight is 420 g/mol. The van der Waals surface area contributed by atoms with E-state index in [2.05, 4.69) is 9.97 Å². The van der Waals surface area contributed by atoms with E-state index >= 15 is 0 Å². The van der Waals surface area contributed by atoms with Crippen LogP contribution in [0.2, 0.25) is 0 Å². The summed E-state index contributed by atoms with van der Waals surface area (Å²) in [6.45, 7) is 0.367. The third kappa shape index (κ3) is 4.74. The number of aromatic nitrogens is 2. The maximum absolute atomic E-state index is 12.8. The summed E-state index contributed by atoms with van der Waals surface area (Å²) in [4.78, 5) is 19.9. The molecule has 0 radical (unpaired) electrons. The van der Waals surface area contributed by atoms with E-state index in [-0.39, 0.29) is 30.6 Å². The number of halogens is 3. The van der Waals surface area contributed by atoms with Crippen molar-refractivity contribution in [3.05, 3.63) is 42.4 Å².